The number of halogens is 2. The Bertz CT molecular complexity index is 271. The van der Waals surface area contributed by atoms with Crippen LogP contribution in [0.2, 0.25) is 0 Å². The molecule has 1 rings (SSSR count). The molecule has 0 saturated heterocycles. The number of benzene rings is 1. The zero-order valence-corrected chi connectivity index (χ0v) is 10.6. The van der Waals surface area contributed by atoms with Crippen LogP contribution in [0.15, 0.2) is 12.1 Å². The summed E-state index contributed by atoms with van der Waals surface area (Å²) in [7, 11) is 1.71. The van der Waals surface area contributed by atoms with Crippen LogP contribution in [0.3, 0.4) is 0 Å². The van der Waals surface area contributed by atoms with E-state index in [9.17, 15) is 0 Å². The highest BCUT2D eigenvalue weighted by atomic mass is 127. The van der Waals surface area contributed by atoms with Gasteiger partial charge in [0.15, 0.2) is 0 Å². The van der Waals surface area contributed by atoms with Crippen molar-refractivity contribution >= 4 is 45.2 Å². The second-order valence-electron chi connectivity index (χ2n) is 2.21. The molecule has 0 aromatic heterocycles. The molecule has 0 fully saturated rings. The fourth-order valence-corrected chi connectivity index (χ4v) is 2.69. The maximum Gasteiger partial charge on any atom is 0.145 e. The van der Waals surface area contributed by atoms with Crippen molar-refractivity contribution in [2.75, 3.05) is 7.11 Å². The van der Waals surface area contributed by atoms with Crippen molar-refractivity contribution < 1.29 is 4.74 Å². The fraction of sp³-hybridized carbons (Fsp3) is 0.250. The summed E-state index contributed by atoms with van der Waals surface area (Å²) in [5.41, 5.74) is 1.27. The molecule has 60 valence electrons. The molecule has 0 aliphatic rings. The van der Waals surface area contributed by atoms with Gasteiger partial charge in [0, 0.05) is 0 Å². The summed E-state index contributed by atoms with van der Waals surface area (Å²) >= 11 is 4.57. The molecule has 0 heterocycles. The van der Waals surface area contributed by atoms with Crippen LogP contribution < -0.4 is 4.74 Å². The monoisotopic (exact) mass is 374 g/mol. The number of aryl methyl sites for hydroxylation is 1. The zero-order valence-electron chi connectivity index (χ0n) is 6.32. The van der Waals surface area contributed by atoms with Gasteiger partial charge in [0.1, 0.15) is 5.75 Å². The molecule has 0 N–H and O–H groups in total. The van der Waals surface area contributed by atoms with Crippen molar-refractivity contribution in [2.45, 2.75) is 6.92 Å². The van der Waals surface area contributed by atoms with Gasteiger partial charge in [-0.15, -0.1) is 0 Å². The fourth-order valence-electron chi connectivity index (χ4n) is 0.818. The van der Waals surface area contributed by atoms with Gasteiger partial charge in [-0.25, -0.2) is 0 Å². The van der Waals surface area contributed by atoms with Crippen LogP contribution in [-0.2, 0) is 0 Å². The van der Waals surface area contributed by atoms with Gasteiger partial charge >= 0.3 is 0 Å². The third kappa shape index (κ3) is 1.99. The van der Waals surface area contributed by atoms with Gasteiger partial charge in [-0.1, -0.05) is 6.07 Å². The molecule has 0 amide bonds. The van der Waals surface area contributed by atoms with Crippen molar-refractivity contribution in [3.05, 3.63) is 24.8 Å². The van der Waals surface area contributed by atoms with Crippen molar-refractivity contribution in [3.8, 4) is 5.75 Å². The van der Waals surface area contributed by atoms with E-state index in [1.807, 2.05) is 0 Å². The van der Waals surface area contributed by atoms with Gasteiger partial charge in [-0.3, -0.25) is 0 Å². The third-order valence-corrected chi connectivity index (χ3v) is 3.64. The molecule has 1 nitrogen and oxygen atoms in total. The molecule has 0 unspecified atom stereocenters. The predicted molar refractivity (Wildman–Crippen MR) is 63.2 cm³/mol. The normalized spacial score (nSPS) is 9.82. The molecule has 3 heteroatoms. The summed E-state index contributed by atoms with van der Waals surface area (Å²) in [6, 6.07) is 4.17. The predicted octanol–water partition coefficient (Wildman–Crippen LogP) is 3.21. The minimum atomic E-state index is 0.992. The quantitative estimate of drug-likeness (QED) is 0.687. The molecule has 0 aliphatic carbocycles. The Morgan fingerprint density at radius 1 is 1.27 bits per heavy atom. The Balaban J connectivity index is 3.29. The number of rotatable bonds is 1. The van der Waals surface area contributed by atoms with E-state index in [4.69, 9.17) is 4.74 Å². The van der Waals surface area contributed by atoms with Crippen LogP contribution in [0.1, 0.15) is 5.56 Å². The van der Waals surface area contributed by atoms with E-state index < -0.39 is 0 Å². The molecule has 0 bridgehead atoms. The van der Waals surface area contributed by atoms with Gasteiger partial charge < -0.3 is 4.74 Å². The van der Waals surface area contributed by atoms with Crippen LogP contribution in [0.5, 0.6) is 5.75 Å². The van der Waals surface area contributed by atoms with E-state index in [0.717, 1.165) is 5.75 Å². The molecule has 0 atom stereocenters. The lowest BCUT2D eigenvalue weighted by atomic mass is 10.2. The molecular weight excluding hydrogens is 366 g/mol. The first-order chi connectivity index (χ1) is 5.16. The SMILES string of the molecule is COc1c(I)ccc(C)c1I. The molecule has 1 aromatic carbocycles. The molecule has 1 aromatic rings. The van der Waals surface area contributed by atoms with Crippen molar-refractivity contribution in [3.63, 3.8) is 0 Å². The summed E-state index contributed by atoms with van der Waals surface area (Å²) in [6.45, 7) is 2.08. The Hall–Kier alpha value is 0.480. The Morgan fingerprint density at radius 3 is 2.36 bits per heavy atom. The standard InChI is InChI=1S/C8H8I2O/c1-5-3-4-6(9)8(11-2)7(5)10/h3-4H,1-2H3. The summed E-state index contributed by atoms with van der Waals surface area (Å²) in [6.07, 6.45) is 0. The lowest BCUT2D eigenvalue weighted by Gasteiger charge is -2.07. The highest BCUT2D eigenvalue weighted by Crippen LogP contribution is 2.29. The van der Waals surface area contributed by atoms with Crippen LogP contribution in [0.25, 0.3) is 0 Å². The number of methoxy groups -OCH3 is 1. The second-order valence-corrected chi connectivity index (χ2v) is 4.45. The lowest BCUT2D eigenvalue weighted by Crippen LogP contribution is -1.92. The lowest BCUT2D eigenvalue weighted by molar-refractivity contribution is 0.408. The summed E-state index contributed by atoms with van der Waals surface area (Å²) in [5, 5.41) is 0. The van der Waals surface area contributed by atoms with Gasteiger partial charge in [0.25, 0.3) is 0 Å². The topological polar surface area (TPSA) is 9.23 Å². The Labute approximate surface area is 93.8 Å². The summed E-state index contributed by atoms with van der Waals surface area (Å²) in [4.78, 5) is 0. The minimum absolute atomic E-state index is 0.992. The first kappa shape index (κ1) is 9.57. The van der Waals surface area contributed by atoms with Crippen LogP contribution in [-0.4, -0.2) is 7.11 Å². The van der Waals surface area contributed by atoms with Crippen LogP contribution in [0.4, 0.5) is 0 Å². The average Bonchev–Trinajstić information content (AvgIpc) is 1.99. The largest absolute Gasteiger partial charge is 0.495 e. The van der Waals surface area contributed by atoms with Gasteiger partial charge in [-0.05, 0) is 63.7 Å². The van der Waals surface area contributed by atoms with E-state index in [1.165, 1.54) is 12.7 Å². The minimum Gasteiger partial charge on any atom is -0.495 e. The second kappa shape index (κ2) is 3.93. The van der Waals surface area contributed by atoms with E-state index >= 15 is 0 Å². The van der Waals surface area contributed by atoms with Crippen LogP contribution >= 0.6 is 45.2 Å². The maximum atomic E-state index is 5.24. The van der Waals surface area contributed by atoms with Gasteiger partial charge in [0.2, 0.25) is 0 Å². The van der Waals surface area contributed by atoms with E-state index in [1.54, 1.807) is 7.11 Å². The summed E-state index contributed by atoms with van der Waals surface area (Å²) in [5.74, 6) is 0.992. The van der Waals surface area contributed by atoms with E-state index in [0.29, 0.717) is 0 Å². The van der Waals surface area contributed by atoms with Crippen molar-refractivity contribution in [1.29, 1.82) is 0 Å². The smallest absolute Gasteiger partial charge is 0.145 e. The third-order valence-electron chi connectivity index (χ3n) is 1.45. The highest BCUT2D eigenvalue weighted by Gasteiger charge is 2.05. The molecule has 0 aliphatic heterocycles. The van der Waals surface area contributed by atoms with Crippen molar-refractivity contribution in [2.24, 2.45) is 0 Å². The zero-order chi connectivity index (χ0) is 8.43. The molecule has 0 radical (unpaired) electrons. The molecular formula is C8H8I2O. The van der Waals surface area contributed by atoms with E-state index in [2.05, 4.69) is 64.2 Å². The number of hydrogen-bond acceptors (Lipinski definition) is 1. The molecule has 0 saturated carbocycles. The number of hydrogen-bond donors (Lipinski definition) is 0. The van der Waals surface area contributed by atoms with Gasteiger partial charge in [0.05, 0.1) is 14.3 Å². The number of ether oxygens (including phenoxy) is 1. The molecule has 0 spiro atoms. The van der Waals surface area contributed by atoms with E-state index in [-0.39, 0.29) is 0 Å². The van der Waals surface area contributed by atoms with Crippen LogP contribution in [0, 0.1) is 14.1 Å². The summed E-state index contributed by atoms with van der Waals surface area (Å²) < 4.78 is 7.61. The Kier molecular flexibility index (Phi) is 3.42. The average molecular weight is 374 g/mol. The highest BCUT2D eigenvalue weighted by molar-refractivity contribution is 14.1. The first-order valence-electron chi connectivity index (χ1n) is 3.15. The maximum absolute atomic E-state index is 5.24. The Morgan fingerprint density at radius 2 is 1.91 bits per heavy atom. The van der Waals surface area contributed by atoms with Crippen molar-refractivity contribution in [1.82, 2.24) is 0 Å². The molecule has 11 heavy (non-hydrogen) atoms. The van der Waals surface area contributed by atoms with Gasteiger partial charge in [-0.2, -0.15) is 0 Å². The first-order valence-corrected chi connectivity index (χ1v) is 5.31.